The predicted octanol–water partition coefficient (Wildman–Crippen LogP) is 5.10. The molecule has 0 aromatic carbocycles. The Labute approximate surface area is 171 Å². The van der Waals surface area contributed by atoms with Crippen LogP contribution in [0.4, 0.5) is 65.9 Å². The van der Waals surface area contributed by atoms with Crippen LogP contribution >= 0.6 is 0 Å². The highest BCUT2D eigenvalue weighted by molar-refractivity contribution is 5.93. The van der Waals surface area contributed by atoms with Crippen molar-refractivity contribution in [3.63, 3.8) is 0 Å². The summed E-state index contributed by atoms with van der Waals surface area (Å²) in [6, 6.07) is 0. The maximum absolute atomic E-state index is 13.5. The second-order valence-corrected chi connectivity index (χ2v) is 5.85. The molecular formula is C14H7F15O4. The van der Waals surface area contributed by atoms with Gasteiger partial charge in [-0.15, -0.1) is 0 Å². The normalized spacial score (nSPS) is 15.0. The molecule has 0 atom stereocenters. The highest BCUT2D eigenvalue weighted by Crippen LogP contribution is 2.62. The number of carbonyl (C=O) groups is 2. The summed E-state index contributed by atoms with van der Waals surface area (Å²) in [5.74, 6) is -51.9. The monoisotopic (exact) mass is 524 g/mol. The van der Waals surface area contributed by atoms with Gasteiger partial charge >= 0.3 is 53.7 Å². The van der Waals surface area contributed by atoms with Gasteiger partial charge in [-0.05, 0) is 6.08 Å². The second kappa shape index (κ2) is 8.62. The zero-order valence-corrected chi connectivity index (χ0v) is 14.9. The molecule has 192 valence electrons. The first-order valence-corrected chi connectivity index (χ1v) is 7.33. The van der Waals surface area contributed by atoms with Crippen molar-refractivity contribution in [2.45, 2.75) is 41.7 Å². The minimum absolute atomic E-state index is 0.0912. The Morgan fingerprint density at radius 1 is 0.667 bits per heavy atom. The first-order valence-electron chi connectivity index (χ1n) is 7.33. The third kappa shape index (κ3) is 4.99. The molecule has 0 aliphatic heterocycles. The topological polar surface area (TPSA) is 63.6 Å². The van der Waals surface area contributed by atoms with E-state index in [9.17, 15) is 75.4 Å². The molecule has 0 heterocycles. The maximum atomic E-state index is 13.5. The SMILES string of the molecule is C=C(C=CC(=O)O)C(=O)OCC(F)(F)C(F)(F)C(F)(F)C(F)(F)C(F)(F)C(F)(F)C(F)(F)F. The molecule has 0 aliphatic carbocycles. The maximum Gasteiger partial charge on any atom is 0.460 e. The van der Waals surface area contributed by atoms with Crippen LogP contribution in [-0.4, -0.2) is 65.4 Å². The van der Waals surface area contributed by atoms with Crippen LogP contribution in [0.2, 0.25) is 0 Å². The Hall–Kier alpha value is -2.63. The summed E-state index contributed by atoms with van der Waals surface area (Å²) in [7, 11) is 0. The number of aliphatic carboxylic acids is 1. The minimum Gasteiger partial charge on any atom is -0.478 e. The predicted molar refractivity (Wildman–Crippen MR) is 72.6 cm³/mol. The van der Waals surface area contributed by atoms with E-state index in [-0.39, 0.29) is 12.2 Å². The quantitative estimate of drug-likeness (QED) is 0.187. The van der Waals surface area contributed by atoms with Gasteiger partial charge < -0.3 is 9.84 Å². The van der Waals surface area contributed by atoms with Crippen molar-refractivity contribution in [2.75, 3.05) is 6.61 Å². The minimum atomic E-state index is -8.45. The number of hydrogen-bond donors (Lipinski definition) is 1. The van der Waals surface area contributed by atoms with Gasteiger partial charge in [-0.1, -0.05) is 6.58 Å². The molecule has 33 heavy (non-hydrogen) atoms. The molecule has 0 saturated carbocycles. The van der Waals surface area contributed by atoms with Crippen LogP contribution in [0.15, 0.2) is 24.3 Å². The van der Waals surface area contributed by atoms with Crippen molar-refractivity contribution < 1.29 is 85.3 Å². The number of rotatable bonds is 10. The van der Waals surface area contributed by atoms with Crippen LogP contribution in [0.1, 0.15) is 0 Å². The zero-order valence-electron chi connectivity index (χ0n) is 14.9. The average molecular weight is 524 g/mol. The van der Waals surface area contributed by atoms with Gasteiger partial charge in [0.2, 0.25) is 0 Å². The van der Waals surface area contributed by atoms with Crippen molar-refractivity contribution in [3.8, 4) is 0 Å². The highest BCUT2D eigenvalue weighted by Gasteiger charge is 2.93. The van der Waals surface area contributed by atoms with E-state index in [4.69, 9.17) is 5.11 Å². The van der Waals surface area contributed by atoms with Gasteiger partial charge in [-0.25, -0.2) is 9.59 Å². The van der Waals surface area contributed by atoms with E-state index in [2.05, 4.69) is 11.3 Å². The lowest BCUT2D eigenvalue weighted by molar-refractivity contribution is -0.453. The average Bonchev–Trinajstić information content (AvgIpc) is 2.62. The van der Waals surface area contributed by atoms with Gasteiger partial charge in [0.15, 0.2) is 6.61 Å². The van der Waals surface area contributed by atoms with E-state index in [1.54, 1.807) is 0 Å². The van der Waals surface area contributed by atoms with Crippen LogP contribution in [-0.2, 0) is 14.3 Å². The largest absolute Gasteiger partial charge is 0.478 e. The van der Waals surface area contributed by atoms with Crippen molar-refractivity contribution >= 4 is 11.9 Å². The molecule has 0 aliphatic rings. The van der Waals surface area contributed by atoms with E-state index >= 15 is 0 Å². The number of alkyl halides is 15. The molecule has 0 saturated heterocycles. The summed E-state index contributed by atoms with van der Waals surface area (Å²) >= 11 is 0. The smallest absolute Gasteiger partial charge is 0.460 e. The van der Waals surface area contributed by atoms with E-state index in [1.165, 1.54) is 0 Å². The molecule has 0 radical (unpaired) electrons. The number of hydrogen-bond acceptors (Lipinski definition) is 3. The van der Waals surface area contributed by atoms with Crippen LogP contribution in [0.3, 0.4) is 0 Å². The molecule has 0 unspecified atom stereocenters. The van der Waals surface area contributed by atoms with Crippen LogP contribution in [0, 0.1) is 0 Å². The molecule has 0 aromatic heterocycles. The van der Waals surface area contributed by atoms with Gasteiger partial charge in [0.05, 0.1) is 5.57 Å². The Balaban J connectivity index is 6.11. The molecule has 19 heteroatoms. The van der Waals surface area contributed by atoms with Crippen molar-refractivity contribution in [1.82, 2.24) is 0 Å². The summed E-state index contributed by atoms with van der Waals surface area (Å²) in [4.78, 5) is 21.3. The summed E-state index contributed by atoms with van der Waals surface area (Å²) in [6.07, 6.45) is -7.44. The fourth-order valence-electron chi connectivity index (χ4n) is 1.58. The number of carbonyl (C=O) groups excluding carboxylic acids is 1. The highest BCUT2D eigenvalue weighted by atomic mass is 19.4. The number of esters is 1. The Bertz CT molecular complexity index is 810. The molecule has 0 fully saturated rings. The summed E-state index contributed by atoms with van der Waals surface area (Å²) in [5.41, 5.74) is -1.23. The molecule has 0 rings (SSSR count). The zero-order chi connectivity index (χ0) is 27.1. The third-order valence-corrected chi connectivity index (χ3v) is 3.47. The number of ether oxygens (including phenoxy) is 1. The van der Waals surface area contributed by atoms with Gasteiger partial charge in [0.1, 0.15) is 0 Å². The van der Waals surface area contributed by atoms with E-state index < -0.39 is 65.8 Å². The molecule has 0 spiro atoms. The molecular weight excluding hydrogens is 517 g/mol. The van der Waals surface area contributed by atoms with Crippen molar-refractivity contribution in [1.29, 1.82) is 0 Å². The summed E-state index contributed by atoms with van der Waals surface area (Å²) < 4.78 is 197. The molecule has 0 amide bonds. The molecule has 1 N–H and O–H groups in total. The number of carboxylic acids is 1. The van der Waals surface area contributed by atoms with Crippen LogP contribution in [0.5, 0.6) is 0 Å². The van der Waals surface area contributed by atoms with E-state index in [1.807, 2.05) is 0 Å². The Morgan fingerprint density at radius 3 is 1.39 bits per heavy atom. The lowest BCUT2D eigenvalue weighted by Gasteiger charge is -2.41. The fourth-order valence-corrected chi connectivity index (χ4v) is 1.58. The Morgan fingerprint density at radius 2 is 1.03 bits per heavy atom. The van der Waals surface area contributed by atoms with Crippen LogP contribution in [0.25, 0.3) is 0 Å². The van der Waals surface area contributed by atoms with Gasteiger partial charge in [-0.2, -0.15) is 65.9 Å². The van der Waals surface area contributed by atoms with Gasteiger partial charge in [0.25, 0.3) is 0 Å². The van der Waals surface area contributed by atoms with Gasteiger partial charge in [-0.3, -0.25) is 0 Å². The van der Waals surface area contributed by atoms with Crippen molar-refractivity contribution in [3.05, 3.63) is 24.3 Å². The second-order valence-electron chi connectivity index (χ2n) is 5.85. The summed E-state index contributed by atoms with van der Waals surface area (Å²) in [6.45, 7) is -0.696. The molecule has 0 bridgehead atoms. The molecule has 4 nitrogen and oxygen atoms in total. The lowest BCUT2D eigenvalue weighted by atomic mass is 9.91. The third-order valence-electron chi connectivity index (χ3n) is 3.47. The summed E-state index contributed by atoms with van der Waals surface area (Å²) in [5, 5.41) is 8.21. The standard InChI is InChI=1S/C14H7F15O4/c1-5(2-3-6(30)31)7(32)33-4-8(15,16)9(17,18)10(19,20)11(21,22)12(23,24)13(25,26)14(27,28)29/h2-3H,1,4H2,(H,30,31). The first kappa shape index (κ1) is 30.4. The first-order chi connectivity index (χ1) is 14.2. The number of halogens is 15. The molecule has 0 aromatic rings. The van der Waals surface area contributed by atoms with E-state index in [0.717, 1.165) is 0 Å². The Kier molecular flexibility index (Phi) is 7.93. The van der Waals surface area contributed by atoms with Crippen LogP contribution < -0.4 is 0 Å². The van der Waals surface area contributed by atoms with E-state index in [0.29, 0.717) is 0 Å². The van der Waals surface area contributed by atoms with Gasteiger partial charge in [0, 0.05) is 6.08 Å². The number of carboxylic acid groups (broad SMARTS) is 1. The lowest BCUT2D eigenvalue weighted by Crippen LogP contribution is -2.73. The van der Waals surface area contributed by atoms with Crippen molar-refractivity contribution in [2.24, 2.45) is 0 Å². The fraction of sp³-hybridized carbons (Fsp3) is 0.571.